The molecule has 8 heteroatoms. The second-order valence-electron chi connectivity index (χ2n) is 8.52. The van der Waals surface area contributed by atoms with Gasteiger partial charge in [-0.05, 0) is 38.8 Å². The fraction of sp³-hybridized carbons (Fsp3) is 0.400. The molecule has 33 heavy (non-hydrogen) atoms. The van der Waals surface area contributed by atoms with E-state index in [0.29, 0.717) is 0 Å². The van der Waals surface area contributed by atoms with Gasteiger partial charge in [-0.2, -0.15) is 0 Å². The second kappa shape index (κ2) is 12.6. The van der Waals surface area contributed by atoms with Crippen LogP contribution in [0.4, 0.5) is 4.79 Å². The van der Waals surface area contributed by atoms with Crippen molar-refractivity contribution in [2.45, 2.75) is 58.6 Å². The Morgan fingerprint density at radius 3 is 1.94 bits per heavy atom. The van der Waals surface area contributed by atoms with E-state index in [9.17, 15) is 14.4 Å². The Kier molecular flexibility index (Phi) is 9.87. The highest BCUT2D eigenvalue weighted by molar-refractivity contribution is 5.89. The van der Waals surface area contributed by atoms with Crippen molar-refractivity contribution < 1.29 is 28.6 Å². The minimum absolute atomic E-state index is 0.0969. The van der Waals surface area contributed by atoms with Crippen molar-refractivity contribution in [3.63, 3.8) is 0 Å². The molecule has 0 aromatic heterocycles. The SMILES string of the molecule is C[C@H](NC(=O)[C@H](COCc1ccccc1)NC(=O)OC(C)(C)C)C(=O)OCc1ccccc1. The Hall–Kier alpha value is -3.39. The normalized spacial score (nSPS) is 12.8. The molecule has 0 radical (unpaired) electrons. The number of nitrogens with one attached hydrogen (secondary N) is 2. The molecule has 2 rings (SSSR count). The number of carbonyl (C=O) groups is 3. The van der Waals surface area contributed by atoms with E-state index in [4.69, 9.17) is 14.2 Å². The Labute approximate surface area is 194 Å². The highest BCUT2D eigenvalue weighted by Gasteiger charge is 2.27. The molecule has 0 saturated heterocycles. The van der Waals surface area contributed by atoms with Gasteiger partial charge < -0.3 is 24.8 Å². The summed E-state index contributed by atoms with van der Waals surface area (Å²) in [7, 11) is 0. The lowest BCUT2D eigenvalue weighted by Gasteiger charge is -2.24. The number of carbonyl (C=O) groups excluding carboxylic acids is 3. The summed E-state index contributed by atoms with van der Waals surface area (Å²) < 4.78 is 16.1. The predicted octanol–water partition coefficient (Wildman–Crippen LogP) is 3.34. The zero-order chi connectivity index (χ0) is 24.3. The van der Waals surface area contributed by atoms with E-state index in [2.05, 4.69) is 10.6 Å². The van der Waals surface area contributed by atoms with Crippen molar-refractivity contribution in [2.24, 2.45) is 0 Å². The van der Waals surface area contributed by atoms with Gasteiger partial charge in [-0.25, -0.2) is 9.59 Å². The van der Waals surface area contributed by atoms with Crippen molar-refractivity contribution >= 4 is 18.0 Å². The predicted molar refractivity (Wildman–Crippen MR) is 123 cm³/mol. The van der Waals surface area contributed by atoms with Gasteiger partial charge >= 0.3 is 12.1 Å². The van der Waals surface area contributed by atoms with Gasteiger partial charge in [0, 0.05) is 0 Å². The summed E-state index contributed by atoms with van der Waals surface area (Å²) in [6, 6.07) is 16.7. The Morgan fingerprint density at radius 2 is 1.39 bits per heavy atom. The number of amides is 2. The highest BCUT2D eigenvalue weighted by atomic mass is 16.6. The van der Waals surface area contributed by atoms with Crippen LogP contribution in [-0.2, 0) is 37.0 Å². The van der Waals surface area contributed by atoms with E-state index in [-0.39, 0.29) is 19.8 Å². The maximum atomic E-state index is 12.8. The van der Waals surface area contributed by atoms with Gasteiger partial charge in [0.15, 0.2) is 0 Å². The van der Waals surface area contributed by atoms with E-state index >= 15 is 0 Å². The van der Waals surface area contributed by atoms with Crippen LogP contribution < -0.4 is 10.6 Å². The number of ether oxygens (including phenoxy) is 3. The van der Waals surface area contributed by atoms with E-state index in [1.807, 2.05) is 60.7 Å². The van der Waals surface area contributed by atoms with Crippen LogP contribution in [0.2, 0.25) is 0 Å². The maximum absolute atomic E-state index is 12.8. The van der Waals surface area contributed by atoms with E-state index < -0.39 is 35.7 Å². The van der Waals surface area contributed by atoms with Gasteiger partial charge in [0.1, 0.15) is 24.3 Å². The van der Waals surface area contributed by atoms with E-state index in [1.54, 1.807) is 20.8 Å². The molecule has 2 N–H and O–H groups in total. The van der Waals surface area contributed by atoms with E-state index in [1.165, 1.54) is 6.92 Å². The zero-order valence-corrected chi connectivity index (χ0v) is 19.5. The van der Waals surface area contributed by atoms with Gasteiger partial charge in [-0.3, -0.25) is 4.79 Å². The van der Waals surface area contributed by atoms with Crippen molar-refractivity contribution in [1.29, 1.82) is 0 Å². The van der Waals surface area contributed by atoms with Crippen LogP contribution >= 0.6 is 0 Å². The molecule has 8 nitrogen and oxygen atoms in total. The molecular formula is C25H32N2O6. The number of alkyl carbamates (subject to hydrolysis) is 1. The van der Waals surface area contributed by atoms with Crippen LogP contribution in [0.15, 0.2) is 60.7 Å². The fourth-order valence-electron chi connectivity index (χ4n) is 2.73. The summed E-state index contributed by atoms with van der Waals surface area (Å²) in [6.07, 6.45) is -0.759. The molecule has 0 aliphatic carbocycles. The molecule has 178 valence electrons. The standard InChI is InChI=1S/C25H32N2O6/c1-18(23(29)32-16-20-13-9-6-10-14-20)26-22(28)21(27-24(30)33-25(2,3)4)17-31-15-19-11-7-5-8-12-19/h5-14,18,21H,15-17H2,1-4H3,(H,26,28)(H,27,30)/t18-,21-/m0/s1. The highest BCUT2D eigenvalue weighted by Crippen LogP contribution is 2.08. The van der Waals surface area contributed by atoms with E-state index in [0.717, 1.165) is 11.1 Å². The summed E-state index contributed by atoms with van der Waals surface area (Å²) in [5.74, 6) is -1.17. The first kappa shape index (κ1) is 25.9. The van der Waals surface area contributed by atoms with Gasteiger partial charge in [-0.15, -0.1) is 0 Å². The minimum Gasteiger partial charge on any atom is -0.459 e. The van der Waals surface area contributed by atoms with Crippen molar-refractivity contribution in [1.82, 2.24) is 10.6 Å². The fourth-order valence-corrected chi connectivity index (χ4v) is 2.73. The molecule has 0 fully saturated rings. The molecule has 0 aliphatic rings. The summed E-state index contributed by atoms with van der Waals surface area (Å²) >= 11 is 0. The van der Waals surface area contributed by atoms with Gasteiger partial charge in [0.2, 0.25) is 5.91 Å². The molecule has 2 amide bonds. The van der Waals surface area contributed by atoms with Gasteiger partial charge in [0.05, 0.1) is 13.2 Å². The summed E-state index contributed by atoms with van der Waals surface area (Å²) in [4.78, 5) is 37.3. The smallest absolute Gasteiger partial charge is 0.408 e. The number of hydrogen-bond donors (Lipinski definition) is 2. The van der Waals surface area contributed by atoms with Crippen LogP contribution in [0.3, 0.4) is 0 Å². The topological polar surface area (TPSA) is 103 Å². The first-order valence-electron chi connectivity index (χ1n) is 10.8. The molecule has 0 bridgehead atoms. The van der Waals surface area contributed by atoms with Crippen LogP contribution in [0.25, 0.3) is 0 Å². The number of benzene rings is 2. The van der Waals surface area contributed by atoms with Crippen molar-refractivity contribution in [2.75, 3.05) is 6.61 Å². The van der Waals surface area contributed by atoms with Gasteiger partial charge in [0.25, 0.3) is 0 Å². The molecule has 2 aromatic rings. The Bertz CT molecular complexity index is 896. The first-order chi connectivity index (χ1) is 15.6. The summed E-state index contributed by atoms with van der Waals surface area (Å²) in [6.45, 7) is 6.93. The third kappa shape index (κ3) is 10.2. The van der Waals surface area contributed by atoms with Crippen molar-refractivity contribution in [3.05, 3.63) is 71.8 Å². The number of rotatable bonds is 10. The monoisotopic (exact) mass is 456 g/mol. The van der Waals surface area contributed by atoms with Crippen LogP contribution in [0.1, 0.15) is 38.8 Å². The largest absolute Gasteiger partial charge is 0.459 e. The lowest BCUT2D eigenvalue weighted by molar-refractivity contribution is -0.149. The molecule has 0 unspecified atom stereocenters. The third-order valence-electron chi connectivity index (χ3n) is 4.34. The molecular weight excluding hydrogens is 424 g/mol. The number of hydrogen-bond acceptors (Lipinski definition) is 6. The molecule has 2 aromatic carbocycles. The van der Waals surface area contributed by atoms with Gasteiger partial charge in [-0.1, -0.05) is 60.7 Å². The summed E-state index contributed by atoms with van der Waals surface area (Å²) in [5.41, 5.74) is 1.03. The molecule has 0 saturated carbocycles. The molecule has 2 atom stereocenters. The number of esters is 1. The lowest BCUT2D eigenvalue weighted by Crippen LogP contribution is -2.53. The molecule has 0 spiro atoms. The van der Waals surface area contributed by atoms with Crippen LogP contribution in [-0.4, -0.2) is 42.3 Å². The van der Waals surface area contributed by atoms with Crippen LogP contribution in [0, 0.1) is 0 Å². The average Bonchev–Trinajstić information content (AvgIpc) is 2.76. The zero-order valence-electron chi connectivity index (χ0n) is 19.5. The quantitative estimate of drug-likeness (QED) is 0.532. The average molecular weight is 457 g/mol. The minimum atomic E-state index is -1.06. The molecule has 0 heterocycles. The third-order valence-corrected chi connectivity index (χ3v) is 4.34. The van der Waals surface area contributed by atoms with Crippen LogP contribution in [0.5, 0.6) is 0 Å². The Morgan fingerprint density at radius 1 is 0.848 bits per heavy atom. The lowest BCUT2D eigenvalue weighted by atomic mass is 10.2. The molecule has 0 aliphatic heterocycles. The first-order valence-corrected chi connectivity index (χ1v) is 10.8. The maximum Gasteiger partial charge on any atom is 0.408 e. The van der Waals surface area contributed by atoms with Crippen molar-refractivity contribution in [3.8, 4) is 0 Å². The summed E-state index contributed by atoms with van der Waals surface area (Å²) in [5, 5.41) is 5.08. The Balaban J connectivity index is 1.93. The second-order valence-corrected chi connectivity index (χ2v) is 8.52.